The van der Waals surface area contributed by atoms with Crippen LogP contribution in [0.3, 0.4) is 0 Å². The number of nitrogens with one attached hydrogen (secondary N) is 2. The average Bonchev–Trinajstić information content (AvgIpc) is 3.18. The number of nitrogens with zero attached hydrogens (tertiary/aromatic N) is 3. The second-order valence-electron chi connectivity index (χ2n) is 6.49. The van der Waals surface area contributed by atoms with Crippen molar-refractivity contribution in [1.29, 1.82) is 0 Å². The Labute approximate surface area is 184 Å². The van der Waals surface area contributed by atoms with Crippen molar-refractivity contribution in [2.24, 2.45) is 10.9 Å². The number of para-hydroxylation sites is 2. The first-order chi connectivity index (χ1) is 14.9. The summed E-state index contributed by atoms with van der Waals surface area (Å²) in [5.41, 5.74) is 5.34. The van der Waals surface area contributed by atoms with E-state index < -0.39 is 23.6 Å². The molecule has 12 heteroatoms. The van der Waals surface area contributed by atoms with E-state index in [1.54, 1.807) is 24.3 Å². The van der Waals surface area contributed by atoms with Gasteiger partial charge in [0.25, 0.3) is 5.91 Å². The number of hydrazone groups is 1. The molecule has 1 saturated heterocycles. The summed E-state index contributed by atoms with van der Waals surface area (Å²) < 4.78 is 5.69. The highest BCUT2D eigenvalue weighted by Crippen LogP contribution is 2.34. The van der Waals surface area contributed by atoms with Crippen molar-refractivity contribution in [3.8, 4) is 0 Å². The zero-order valence-electron chi connectivity index (χ0n) is 15.6. The third-order valence-corrected chi connectivity index (χ3v) is 5.10. The van der Waals surface area contributed by atoms with E-state index >= 15 is 0 Å². The number of hydrogen-bond donors (Lipinski definition) is 3. The molecular weight excluding hydrogens is 447 g/mol. The number of benzene rings is 2. The highest BCUT2D eigenvalue weighted by Gasteiger charge is 2.44. The summed E-state index contributed by atoms with van der Waals surface area (Å²) in [5, 5.41) is 4.51. The third-order valence-electron chi connectivity index (χ3n) is 4.56. The van der Waals surface area contributed by atoms with E-state index in [1.807, 2.05) is 5.43 Å². The number of hydrogen-bond acceptors (Lipinski definition) is 7. The quantitative estimate of drug-likeness (QED) is 0.237. The number of carbonyl (C=O) groups excluding carboxylic acids is 3. The summed E-state index contributed by atoms with van der Waals surface area (Å²) >= 11 is 12.2. The van der Waals surface area contributed by atoms with Gasteiger partial charge in [-0.05, 0) is 30.3 Å². The molecule has 3 amide bonds. The lowest BCUT2D eigenvalue weighted by molar-refractivity contribution is -0.137. The van der Waals surface area contributed by atoms with Gasteiger partial charge in [-0.2, -0.15) is 5.10 Å². The number of rotatable bonds is 3. The van der Waals surface area contributed by atoms with Crippen LogP contribution in [-0.2, 0) is 9.59 Å². The zero-order chi connectivity index (χ0) is 22.1. The number of piperidine rings is 1. The Hall–Kier alpha value is -3.47. The second kappa shape index (κ2) is 8.34. The van der Waals surface area contributed by atoms with E-state index in [-0.39, 0.29) is 28.9 Å². The maximum absolute atomic E-state index is 13.1. The van der Waals surface area contributed by atoms with Crippen molar-refractivity contribution in [3.63, 3.8) is 0 Å². The van der Waals surface area contributed by atoms with E-state index in [1.165, 1.54) is 18.2 Å². The van der Waals surface area contributed by atoms with E-state index in [0.29, 0.717) is 16.1 Å². The minimum Gasteiger partial charge on any atom is -0.439 e. The minimum atomic E-state index is -1.24. The molecule has 1 atom stereocenters. The van der Waals surface area contributed by atoms with Crippen molar-refractivity contribution in [2.45, 2.75) is 5.92 Å². The van der Waals surface area contributed by atoms with E-state index in [0.717, 1.165) is 4.90 Å². The number of anilines is 1. The van der Waals surface area contributed by atoms with Gasteiger partial charge in [-0.25, -0.2) is 21.0 Å². The summed E-state index contributed by atoms with van der Waals surface area (Å²) in [4.78, 5) is 43.0. The normalized spacial score (nSPS) is 18.0. The van der Waals surface area contributed by atoms with Crippen molar-refractivity contribution in [3.05, 3.63) is 58.4 Å². The third kappa shape index (κ3) is 3.96. The van der Waals surface area contributed by atoms with Gasteiger partial charge in [-0.3, -0.25) is 19.9 Å². The molecule has 1 aliphatic rings. The van der Waals surface area contributed by atoms with Crippen LogP contribution in [0.2, 0.25) is 10.0 Å². The molecule has 31 heavy (non-hydrogen) atoms. The van der Waals surface area contributed by atoms with Crippen LogP contribution in [0.5, 0.6) is 0 Å². The summed E-state index contributed by atoms with van der Waals surface area (Å²) in [7, 11) is 0. The van der Waals surface area contributed by atoms with Crippen LogP contribution in [0.15, 0.2) is 52.0 Å². The minimum absolute atomic E-state index is 0.0184. The smallest absolute Gasteiger partial charge is 0.349 e. The molecule has 4 rings (SSSR count). The molecule has 1 aliphatic heterocycles. The standard InChI is InChI=1S/C19H14Cl2N6O4/c20-9-5-6-13(10(21)7-9)27-8-12(25-26-19(30)24-22)15(16(28)18(27)29)17-23-11-3-1-2-4-14(11)31-17/h1-7,15H,8,22H2,(H2,24,26,30)/b25-12+. The molecule has 2 heterocycles. The Morgan fingerprint density at radius 3 is 2.71 bits per heavy atom. The topological polar surface area (TPSA) is 143 Å². The first-order valence-electron chi connectivity index (χ1n) is 8.88. The van der Waals surface area contributed by atoms with Crippen LogP contribution < -0.4 is 21.6 Å². The SMILES string of the molecule is NNC(=O)N/N=C1\CN(c2ccc(Cl)cc2Cl)C(=O)C(=O)C1c1nc2ccccc2o1. The molecule has 4 N–H and O–H groups in total. The van der Waals surface area contributed by atoms with Gasteiger partial charge in [0, 0.05) is 5.02 Å². The number of ketones is 1. The number of fused-ring (bicyclic) bond motifs is 1. The predicted octanol–water partition coefficient (Wildman–Crippen LogP) is 2.36. The number of Topliss-reactive ketones (excluding diaryl/α,β-unsaturated/α-hetero) is 1. The molecule has 0 saturated carbocycles. The van der Waals surface area contributed by atoms with Gasteiger partial charge in [-0.15, -0.1) is 0 Å². The number of oxazole rings is 1. The number of urea groups is 1. The average molecular weight is 461 g/mol. The number of amides is 3. The molecule has 158 valence electrons. The molecule has 0 bridgehead atoms. The lowest BCUT2D eigenvalue weighted by atomic mass is 9.92. The fraction of sp³-hybridized carbons (Fsp3) is 0.105. The van der Waals surface area contributed by atoms with Gasteiger partial charge in [0.15, 0.2) is 5.58 Å². The van der Waals surface area contributed by atoms with Gasteiger partial charge in [0.1, 0.15) is 11.4 Å². The fourth-order valence-electron chi connectivity index (χ4n) is 3.15. The van der Waals surface area contributed by atoms with Crippen molar-refractivity contribution in [1.82, 2.24) is 15.8 Å². The molecule has 2 aromatic carbocycles. The summed E-state index contributed by atoms with van der Waals surface area (Å²) in [6, 6.07) is 10.6. The van der Waals surface area contributed by atoms with Gasteiger partial charge in [-0.1, -0.05) is 35.3 Å². The van der Waals surface area contributed by atoms with Crippen LogP contribution in [0.25, 0.3) is 11.1 Å². The van der Waals surface area contributed by atoms with Crippen molar-refractivity contribution < 1.29 is 18.8 Å². The van der Waals surface area contributed by atoms with Gasteiger partial charge in [0.2, 0.25) is 11.7 Å². The highest BCUT2D eigenvalue weighted by atomic mass is 35.5. The number of aromatic nitrogens is 1. The molecule has 0 spiro atoms. The summed E-state index contributed by atoms with van der Waals surface area (Å²) in [6.45, 7) is -0.166. The lowest BCUT2D eigenvalue weighted by Crippen LogP contribution is -2.52. The molecule has 0 radical (unpaired) electrons. The predicted molar refractivity (Wildman–Crippen MR) is 114 cm³/mol. The summed E-state index contributed by atoms with van der Waals surface area (Å²) in [5.74, 6) is 2.12. The van der Waals surface area contributed by atoms with Gasteiger partial charge < -0.3 is 4.42 Å². The Morgan fingerprint density at radius 2 is 2.00 bits per heavy atom. The lowest BCUT2D eigenvalue weighted by Gasteiger charge is -2.31. The molecule has 1 aromatic heterocycles. The van der Waals surface area contributed by atoms with E-state index in [2.05, 4.69) is 15.5 Å². The molecule has 10 nitrogen and oxygen atoms in total. The number of halogens is 2. The molecule has 1 fully saturated rings. The molecule has 0 aliphatic carbocycles. The Bertz CT molecular complexity index is 1210. The second-order valence-corrected chi connectivity index (χ2v) is 7.34. The maximum atomic E-state index is 13.1. The monoisotopic (exact) mass is 460 g/mol. The maximum Gasteiger partial charge on any atom is 0.349 e. The highest BCUT2D eigenvalue weighted by molar-refractivity contribution is 6.50. The molecule has 1 unspecified atom stereocenters. The van der Waals surface area contributed by atoms with Crippen LogP contribution >= 0.6 is 23.2 Å². The molecular formula is C19H14Cl2N6O4. The Kier molecular flexibility index (Phi) is 5.59. The largest absolute Gasteiger partial charge is 0.439 e. The first-order valence-corrected chi connectivity index (χ1v) is 9.64. The number of carbonyl (C=O) groups is 3. The number of nitrogens with two attached hydrogens (primary N) is 1. The van der Waals surface area contributed by atoms with Crippen LogP contribution in [0.4, 0.5) is 10.5 Å². The van der Waals surface area contributed by atoms with E-state index in [9.17, 15) is 14.4 Å². The Balaban J connectivity index is 1.78. The van der Waals surface area contributed by atoms with E-state index in [4.69, 9.17) is 33.5 Å². The fourth-order valence-corrected chi connectivity index (χ4v) is 3.66. The Morgan fingerprint density at radius 1 is 1.23 bits per heavy atom. The van der Waals surface area contributed by atoms with Gasteiger partial charge in [0.05, 0.1) is 23.0 Å². The van der Waals surface area contributed by atoms with Crippen molar-refractivity contribution >= 4 is 63.4 Å². The van der Waals surface area contributed by atoms with Crippen LogP contribution in [-0.4, -0.2) is 35.0 Å². The molecule has 3 aromatic rings. The zero-order valence-corrected chi connectivity index (χ0v) is 17.1. The summed E-state index contributed by atoms with van der Waals surface area (Å²) in [6.07, 6.45) is 0. The first kappa shape index (κ1) is 20.8. The number of hydrazine groups is 1. The van der Waals surface area contributed by atoms with Crippen LogP contribution in [0, 0.1) is 0 Å². The van der Waals surface area contributed by atoms with Gasteiger partial charge >= 0.3 is 6.03 Å². The van der Waals surface area contributed by atoms with Crippen LogP contribution in [0.1, 0.15) is 11.8 Å². The van der Waals surface area contributed by atoms with Crippen molar-refractivity contribution in [2.75, 3.05) is 11.4 Å².